The van der Waals surface area contributed by atoms with Gasteiger partial charge in [0.15, 0.2) is 17.3 Å². The van der Waals surface area contributed by atoms with Gasteiger partial charge < -0.3 is 24.7 Å². The molecule has 1 heterocycles. The Kier molecular flexibility index (Phi) is 5.39. The number of ether oxygens (including phenoxy) is 4. The molecule has 1 aliphatic heterocycles. The van der Waals surface area contributed by atoms with Crippen molar-refractivity contribution in [3.63, 3.8) is 0 Å². The number of ketones is 1. The van der Waals surface area contributed by atoms with Crippen molar-refractivity contribution in [2.75, 3.05) is 20.8 Å². The van der Waals surface area contributed by atoms with E-state index in [4.69, 9.17) is 24.7 Å². The Morgan fingerprint density at radius 2 is 2.04 bits per heavy atom. The molecule has 1 aromatic carbocycles. The molecule has 1 atom stereocenters. The predicted octanol–water partition coefficient (Wildman–Crippen LogP) is 2.56. The Bertz CT molecular complexity index is 839. The third-order valence-electron chi connectivity index (χ3n) is 4.72. The van der Waals surface area contributed by atoms with Gasteiger partial charge in [-0.15, -0.1) is 0 Å². The third kappa shape index (κ3) is 3.25. The number of methoxy groups -OCH3 is 2. The Morgan fingerprint density at radius 3 is 2.70 bits per heavy atom. The SMILES string of the molecule is CCOC(=O)C1=C(N)OC2=C(C(=O)CCC2)[C@H]1c1cccc(OC)c1OC. The summed E-state index contributed by atoms with van der Waals surface area (Å²) in [4.78, 5) is 25.5. The van der Waals surface area contributed by atoms with Crippen LogP contribution in [0.3, 0.4) is 0 Å². The van der Waals surface area contributed by atoms with Crippen LogP contribution in [-0.4, -0.2) is 32.6 Å². The number of allylic oxidation sites excluding steroid dienone is 2. The summed E-state index contributed by atoms with van der Waals surface area (Å²) in [5.41, 5.74) is 7.24. The second kappa shape index (κ2) is 7.73. The molecule has 144 valence electrons. The van der Waals surface area contributed by atoms with E-state index >= 15 is 0 Å². The molecule has 0 fully saturated rings. The van der Waals surface area contributed by atoms with Crippen LogP contribution in [0.2, 0.25) is 0 Å². The van der Waals surface area contributed by atoms with E-state index in [9.17, 15) is 9.59 Å². The largest absolute Gasteiger partial charge is 0.493 e. The number of Topliss-reactive ketones (excluding diaryl/α,β-unsaturated/α-hetero) is 1. The molecule has 7 nitrogen and oxygen atoms in total. The molecule has 0 bridgehead atoms. The standard InChI is InChI=1S/C20H23NO6/c1-4-26-20(23)17-15(11-7-5-10-14(24-2)18(11)25-3)16-12(22)8-6-9-13(16)27-19(17)21/h5,7,10,15H,4,6,8-9,21H2,1-3H3/t15-/m1/s1. The summed E-state index contributed by atoms with van der Waals surface area (Å²) in [6, 6.07) is 5.31. The monoisotopic (exact) mass is 373 g/mol. The molecule has 7 heteroatoms. The Hall–Kier alpha value is -2.96. The third-order valence-corrected chi connectivity index (χ3v) is 4.72. The molecule has 27 heavy (non-hydrogen) atoms. The fraction of sp³-hybridized carbons (Fsp3) is 0.400. The molecule has 0 unspecified atom stereocenters. The van der Waals surface area contributed by atoms with Crippen molar-refractivity contribution in [2.45, 2.75) is 32.1 Å². The quantitative estimate of drug-likeness (QED) is 0.792. The molecule has 0 aromatic heterocycles. The van der Waals surface area contributed by atoms with Crippen LogP contribution in [0.1, 0.15) is 37.7 Å². The molecule has 3 rings (SSSR count). The first-order chi connectivity index (χ1) is 13.0. The molecule has 0 saturated heterocycles. The number of carbonyl (C=O) groups is 2. The van der Waals surface area contributed by atoms with Crippen molar-refractivity contribution in [3.8, 4) is 11.5 Å². The minimum Gasteiger partial charge on any atom is -0.493 e. The molecular formula is C20H23NO6. The maximum absolute atomic E-state index is 12.8. The highest BCUT2D eigenvalue weighted by molar-refractivity contribution is 6.03. The lowest BCUT2D eigenvalue weighted by molar-refractivity contribution is -0.139. The van der Waals surface area contributed by atoms with Gasteiger partial charge in [0.2, 0.25) is 5.88 Å². The zero-order chi connectivity index (χ0) is 19.6. The van der Waals surface area contributed by atoms with Crippen LogP contribution in [0, 0.1) is 0 Å². The van der Waals surface area contributed by atoms with Gasteiger partial charge in [-0.2, -0.15) is 0 Å². The lowest BCUT2D eigenvalue weighted by Gasteiger charge is -2.33. The molecule has 1 aromatic rings. The first-order valence-electron chi connectivity index (χ1n) is 8.85. The highest BCUT2D eigenvalue weighted by atomic mass is 16.5. The normalized spacial score (nSPS) is 19.4. The van der Waals surface area contributed by atoms with Crippen molar-refractivity contribution < 1.29 is 28.5 Å². The summed E-state index contributed by atoms with van der Waals surface area (Å²) in [6.07, 6.45) is 1.66. The summed E-state index contributed by atoms with van der Waals surface area (Å²) in [5, 5.41) is 0. The van der Waals surface area contributed by atoms with Crippen molar-refractivity contribution >= 4 is 11.8 Å². The average molecular weight is 373 g/mol. The smallest absolute Gasteiger partial charge is 0.340 e. The average Bonchev–Trinajstić information content (AvgIpc) is 2.66. The molecule has 0 amide bonds. The van der Waals surface area contributed by atoms with E-state index in [1.54, 1.807) is 25.1 Å². The number of esters is 1. The molecule has 0 radical (unpaired) electrons. The van der Waals surface area contributed by atoms with E-state index in [1.165, 1.54) is 14.2 Å². The number of benzene rings is 1. The van der Waals surface area contributed by atoms with Crippen LogP contribution in [0.4, 0.5) is 0 Å². The van der Waals surface area contributed by atoms with Crippen LogP contribution >= 0.6 is 0 Å². The van der Waals surface area contributed by atoms with Crippen molar-refractivity contribution in [3.05, 3.63) is 46.6 Å². The fourth-order valence-corrected chi connectivity index (χ4v) is 3.61. The lowest BCUT2D eigenvalue weighted by Crippen LogP contribution is -2.31. The van der Waals surface area contributed by atoms with E-state index in [0.29, 0.717) is 47.7 Å². The number of hydrogen-bond acceptors (Lipinski definition) is 7. The minimum atomic E-state index is -0.731. The van der Waals surface area contributed by atoms with E-state index < -0.39 is 11.9 Å². The number of nitrogens with two attached hydrogens (primary N) is 1. The van der Waals surface area contributed by atoms with Crippen molar-refractivity contribution in [1.29, 1.82) is 0 Å². The van der Waals surface area contributed by atoms with E-state index in [1.807, 2.05) is 0 Å². The first kappa shape index (κ1) is 18.8. The van der Waals surface area contributed by atoms with Gasteiger partial charge in [-0.3, -0.25) is 4.79 Å². The predicted molar refractivity (Wildman–Crippen MR) is 97.1 cm³/mol. The van der Waals surface area contributed by atoms with Crippen LogP contribution in [0.15, 0.2) is 41.0 Å². The van der Waals surface area contributed by atoms with Crippen LogP contribution < -0.4 is 15.2 Å². The van der Waals surface area contributed by atoms with Crippen LogP contribution in [-0.2, 0) is 19.1 Å². The maximum Gasteiger partial charge on any atom is 0.340 e. The maximum atomic E-state index is 12.8. The van der Waals surface area contributed by atoms with Gasteiger partial charge in [0.25, 0.3) is 0 Å². The second-order valence-corrected chi connectivity index (χ2v) is 6.23. The lowest BCUT2D eigenvalue weighted by atomic mass is 9.77. The molecule has 2 N–H and O–H groups in total. The Morgan fingerprint density at radius 1 is 1.26 bits per heavy atom. The summed E-state index contributed by atoms with van der Waals surface area (Å²) in [5.74, 6) is -0.0234. The van der Waals surface area contributed by atoms with Gasteiger partial charge in [0.05, 0.1) is 26.7 Å². The van der Waals surface area contributed by atoms with E-state index in [0.717, 1.165) is 0 Å². The summed E-state index contributed by atoms with van der Waals surface area (Å²) in [6.45, 7) is 1.88. The van der Waals surface area contributed by atoms with Crippen molar-refractivity contribution in [1.82, 2.24) is 0 Å². The highest BCUT2D eigenvalue weighted by Gasteiger charge is 2.42. The summed E-state index contributed by atoms with van der Waals surface area (Å²) >= 11 is 0. The Balaban J connectivity index is 2.25. The van der Waals surface area contributed by atoms with Crippen LogP contribution in [0.5, 0.6) is 11.5 Å². The zero-order valence-corrected chi connectivity index (χ0v) is 15.7. The van der Waals surface area contributed by atoms with Gasteiger partial charge in [0, 0.05) is 24.0 Å². The summed E-state index contributed by atoms with van der Waals surface area (Å²) < 4.78 is 21.8. The molecular weight excluding hydrogens is 350 g/mol. The van der Waals surface area contributed by atoms with Gasteiger partial charge in [-0.1, -0.05) is 12.1 Å². The van der Waals surface area contributed by atoms with E-state index in [2.05, 4.69) is 0 Å². The van der Waals surface area contributed by atoms with Gasteiger partial charge in [0.1, 0.15) is 11.3 Å². The molecule has 0 saturated carbocycles. The number of hydrogen-bond donors (Lipinski definition) is 1. The number of rotatable bonds is 5. The van der Waals surface area contributed by atoms with Gasteiger partial charge in [-0.05, 0) is 19.4 Å². The number of para-hydroxylation sites is 1. The fourth-order valence-electron chi connectivity index (χ4n) is 3.61. The summed E-state index contributed by atoms with van der Waals surface area (Å²) in [7, 11) is 3.04. The zero-order valence-electron chi connectivity index (χ0n) is 15.7. The van der Waals surface area contributed by atoms with Gasteiger partial charge >= 0.3 is 5.97 Å². The first-order valence-corrected chi connectivity index (χ1v) is 8.85. The van der Waals surface area contributed by atoms with E-state index in [-0.39, 0.29) is 23.8 Å². The van der Waals surface area contributed by atoms with Crippen LogP contribution in [0.25, 0.3) is 0 Å². The second-order valence-electron chi connectivity index (χ2n) is 6.23. The highest BCUT2D eigenvalue weighted by Crippen LogP contribution is 2.48. The Labute approximate surface area is 157 Å². The molecule has 1 aliphatic carbocycles. The topological polar surface area (TPSA) is 97.1 Å². The van der Waals surface area contributed by atoms with Crippen molar-refractivity contribution in [2.24, 2.45) is 5.73 Å². The molecule has 2 aliphatic rings. The minimum absolute atomic E-state index is 0.0447. The number of carbonyl (C=O) groups excluding carboxylic acids is 2. The van der Waals surface area contributed by atoms with Gasteiger partial charge in [-0.25, -0.2) is 4.79 Å². The molecule has 0 spiro atoms.